The van der Waals surface area contributed by atoms with Gasteiger partial charge in [0.15, 0.2) is 5.79 Å². The van der Waals surface area contributed by atoms with E-state index in [0.29, 0.717) is 18.8 Å². The van der Waals surface area contributed by atoms with Gasteiger partial charge < -0.3 is 19.4 Å². The van der Waals surface area contributed by atoms with Crippen molar-refractivity contribution in [2.24, 2.45) is 5.41 Å². The molecule has 1 saturated carbocycles. The molecule has 27 heavy (non-hydrogen) atoms. The van der Waals surface area contributed by atoms with Crippen molar-refractivity contribution in [1.29, 1.82) is 0 Å². The fourth-order valence-corrected chi connectivity index (χ4v) is 5.48. The maximum atomic E-state index is 11.4. The van der Waals surface area contributed by atoms with Gasteiger partial charge in [-0.15, -0.1) is 0 Å². The summed E-state index contributed by atoms with van der Waals surface area (Å²) in [6.07, 6.45) is 6.89. The molecule has 0 N–H and O–H groups in total. The maximum absolute atomic E-state index is 11.4. The maximum Gasteiger partial charge on any atom is 1.00 e. The summed E-state index contributed by atoms with van der Waals surface area (Å²) >= 11 is 0. The summed E-state index contributed by atoms with van der Waals surface area (Å²) in [6.45, 7) is 5.63. The van der Waals surface area contributed by atoms with E-state index in [1.165, 1.54) is 27.8 Å². The largest absolute Gasteiger partial charge is 1.00 e. The van der Waals surface area contributed by atoms with Crippen LogP contribution in [0.4, 0.5) is 0 Å². The first kappa shape index (κ1) is 19.4. The monoisotopic (exact) mass is 374 g/mol. The van der Waals surface area contributed by atoms with Gasteiger partial charge in [-0.25, -0.2) is 0 Å². The van der Waals surface area contributed by atoms with E-state index in [1.807, 2.05) is 13.0 Å². The van der Waals surface area contributed by atoms with E-state index >= 15 is 0 Å². The molecule has 3 aliphatic carbocycles. The fraction of sp³-hybridized carbons (Fsp3) is 0.500. The fourth-order valence-electron chi connectivity index (χ4n) is 5.48. The molecule has 0 bridgehead atoms. The molecule has 5 heteroatoms. The Morgan fingerprint density at radius 1 is 1.19 bits per heavy atom. The van der Waals surface area contributed by atoms with Gasteiger partial charge in [0.2, 0.25) is 0 Å². The predicted octanol–water partition coefficient (Wildman–Crippen LogP) is -0.0644. The Labute approximate surface area is 181 Å². The summed E-state index contributed by atoms with van der Waals surface area (Å²) in [5.74, 6) is -1.50. The zero-order chi connectivity index (χ0) is 18.1. The van der Waals surface area contributed by atoms with Crippen LogP contribution in [0.1, 0.15) is 59.7 Å². The quantitative estimate of drug-likeness (QED) is 0.510. The molecule has 0 unspecified atom stereocenters. The number of allylic oxidation sites excluding steroid dienone is 3. The number of rotatable bonds is 1. The molecule has 1 spiro atoms. The average molecular weight is 374 g/mol. The van der Waals surface area contributed by atoms with Crippen LogP contribution in [0.15, 0.2) is 29.4 Å². The Balaban J connectivity index is 0.00000180. The molecule has 1 aromatic carbocycles. The van der Waals surface area contributed by atoms with Crippen molar-refractivity contribution in [3.63, 3.8) is 0 Å². The van der Waals surface area contributed by atoms with Crippen molar-refractivity contribution in [3.05, 3.63) is 51.6 Å². The Morgan fingerprint density at radius 3 is 2.63 bits per heavy atom. The van der Waals surface area contributed by atoms with Crippen LogP contribution in [0.25, 0.3) is 5.57 Å². The van der Waals surface area contributed by atoms with E-state index in [-0.39, 0.29) is 35.0 Å². The number of carbonyl (C=O) groups is 1. The number of aromatic carboxylic acids is 1. The first-order valence-corrected chi connectivity index (χ1v) is 9.48. The van der Waals surface area contributed by atoms with Crippen LogP contribution in [-0.2, 0) is 15.9 Å². The smallest absolute Gasteiger partial charge is 0.545 e. The normalized spacial score (nSPS) is 27.6. The molecule has 0 radical (unpaired) electrons. The summed E-state index contributed by atoms with van der Waals surface area (Å²) in [7, 11) is 0. The number of benzene rings is 1. The van der Waals surface area contributed by atoms with Crippen LogP contribution in [0, 0.1) is 12.3 Å². The number of ether oxygens (including phenoxy) is 2. The summed E-state index contributed by atoms with van der Waals surface area (Å²) in [6, 6.07) is 3.68. The molecule has 136 valence electrons. The van der Waals surface area contributed by atoms with Gasteiger partial charge in [-0.2, -0.15) is 0 Å². The van der Waals surface area contributed by atoms with Gasteiger partial charge >= 0.3 is 29.6 Å². The van der Waals surface area contributed by atoms with Gasteiger partial charge in [-0.05, 0) is 48.4 Å². The topological polar surface area (TPSA) is 58.6 Å². The first-order chi connectivity index (χ1) is 12.4. The number of hydrogen-bond donors (Lipinski definition) is 0. The van der Waals surface area contributed by atoms with Gasteiger partial charge in [0.25, 0.3) is 0 Å². The molecule has 1 atom stereocenters. The van der Waals surface area contributed by atoms with Crippen LogP contribution in [0.3, 0.4) is 0 Å². The van der Waals surface area contributed by atoms with Crippen molar-refractivity contribution >= 4 is 11.5 Å². The van der Waals surface area contributed by atoms with Crippen LogP contribution in [-0.4, -0.2) is 25.0 Å². The molecule has 5 rings (SSSR count). The van der Waals surface area contributed by atoms with Crippen molar-refractivity contribution in [2.75, 3.05) is 13.2 Å². The van der Waals surface area contributed by atoms with Gasteiger partial charge in [-0.1, -0.05) is 36.3 Å². The SMILES string of the molecule is Cc1c(C(=O)[O-])ccc2c1CC1=C2CC=C2CC3(CC[C@@]21C)OCCO3.[Na+]. The van der Waals surface area contributed by atoms with Crippen molar-refractivity contribution in [1.82, 2.24) is 0 Å². The summed E-state index contributed by atoms with van der Waals surface area (Å²) in [5.41, 5.74) is 7.89. The third-order valence-electron chi connectivity index (χ3n) is 7.07. The standard InChI is InChI=1S/C22H24O4.Na/c1-13-15(20(23)24)5-6-16-17-4-3-14-12-22(25-9-10-26-22)8-7-21(14,2)19(17)11-18(13)16;/h3,5-6H,4,7-12H2,1-2H3,(H,23,24);/q;+1/p-1/t21-;/m0./s1. The van der Waals surface area contributed by atoms with E-state index < -0.39 is 11.8 Å². The number of hydrogen-bond acceptors (Lipinski definition) is 4. The van der Waals surface area contributed by atoms with Crippen molar-refractivity contribution in [2.45, 2.75) is 51.7 Å². The van der Waals surface area contributed by atoms with E-state index in [9.17, 15) is 9.90 Å². The van der Waals surface area contributed by atoms with Gasteiger partial charge in [-0.3, -0.25) is 0 Å². The minimum Gasteiger partial charge on any atom is -0.545 e. The zero-order valence-corrected chi connectivity index (χ0v) is 18.3. The Bertz CT molecular complexity index is 892. The molecule has 0 aromatic heterocycles. The second-order valence-electron chi connectivity index (χ2n) is 8.24. The summed E-state index contributed by atoms with van der Waals surface area (Å²) < 4.78 is 11.9. The molecular formula is C22H23NaO4. The molecule has 4 nitrogen and oxygen atoms in total. The number of carboxylic acid groups (broad SMARTS) is 1. The minimum atomic E-state index is -1.09. The van der Waals surface area contributed by atoms with Crippen molar-refractivity contribution < 1.29 is 48.9 Å². The number of fused-ring (bicyclic) bond motifs is 4. The zero-order valence-electron chi connectivity index (χ0n) is 16.3. The Morgan fingerprint density at radius 2 is 1.93 bits per heavy atom. The summed E-state index contributed by atoms with van der Waals surface area (Å²) in [5, 5.41) is 11.4. The molecule has 2 fully saturated rings. The average Bonchev–Trinajstić information content (AvgIpc) is 3.22. The molecule has 1 saturated heterocycles. The van der Waals surface area contributed by atoms with Crippen LogP contribution in [0.2, 0.25) is 0 Å². The molecule has 4 aliphatic rings. The van der Waals surface area contributed by atoms with Crippen LogP contribution >= 0.6 is 0 Å². The van der Waals surface area contributed by atoms with Crippen LogP contribution in [0.5, 0.6) is 0 Å². The van der Waals surface area contributed by atoms with Crippen molar-refractivity contribution in [3.8, 4) is 0 Å². The van der Waals surface area contributed by atoms with E-state index in [0.717, 1.165) is 37.7 Å². The third-order valence-corrected chi connectivity index (χ3v) is 7.07. The summed E-state index contributed by atoms with van der Waals surface area (Å²) in [4.78, 5) is 11.4. The molecule has 1 aliphatic heterocycles. The molecular weight excluding hydrogens is 351 g/mol. The second-order valence-corrected chi connectivity index (χ2v) is 8.24. The third kappa shape index (κ3) is 2.72. The van der Waals surface area contributed by atoms with Gasteiger partial charge in [0.1, 0.15) is 0 Å². The first-order valence-electron chi connectivity index (χ1n) is 9.48. The van der Waals surface area contributed by atoms with Gasteiger partial charge in [0.05, 0.1) is 19.2 Å². The van der Waals surface area contributed by atoms with E-state index in [4.69, 9.17) is 9.47 Å². The Kier molecular flexibility index (Phi) is 4.72. The van der Waals surface area contributed by atoms with E-state index in [1.54, 1.807) is 6.07 Å². The second kappa shape index (κ2) is 6.57. The van der Waals surface area contributed by atoms with E-state index in [2.05, 4.69) is 13.0 Å². The number of carboxylic acids is 1. The Hall–Kier alpha value is -0.910. The molecule has 1 aromatic rings. The molecule has 1 heterocycles. The predicted molar refractivity (Wildman–Crippen MR) is 95.4 cm³/mol. The molecule has 0 amide bonds. The number of carbonyl (C=O) groups excluding carboxylic acids is 1. The van der Waals surface area contributed by atoms with Crippen LogP contribution < -0.4 is 34.7 Å². The van der Waals surface area contributed by atoms with Gasteiger partial charge in [0, 0.05) is 23.8 Å². The minimum absolute atomic E-state index is 0.